The quantitative estimate of drug-likeness (QED) is 0.872. The van der Waals surface area contributed by atoms with E-state index in [0.29, 0.717) is 13.1 Å². The van der Waals surface area contributed by atoms with Gasteiger partial charge in [0.2, 0.25) is 11.0 Å². The first-order valence-corrected chi connectivity index (χ1v) is 7.53. The van der Waals surface area contributed by atoms with E-state index in [1.807, 2.05) is 6.92 Å². The van der Waals surface area contributed by atoms with Gasteiger partial charge in [-0.2, -0.15) is 0 Å². The molecule has 1 N–H and O–H groups in total. The van der Waals surface area contributed by atoms with Crippen molar-refractivity contribution in [2.24, 2.45) is 0 Å². The van der Waals surface area contributed by atoms with Gasteiger partial charge in [-0.15, -0.1) is 10.2 Å². The van der Waals surface area contributed by atoms with Crippen molar-refractivity contribution >= 4 is 38.3 Å². The summed E-state index contributed by atoms with van der Waals surface area (Å²) in [6.07, 6.45) is 0. The largest absolute Gasteiger partial charge is 0.355 e. The third kappa shape index (κ3) is 3.63. The Hall–Kier alpha value is -0.730. The van der Waals surface area contributed by atoms with Crippen LogP contribution in [-0.2, 0) is 4.79 Å². The molecule has 0 unspecified atom stereocenters. The molecule has 100 valence electrons. The maximum absolute atomic E-state index is 11.5. The highest BCUT2D eigenvalue weighted by Crippen LogP contribution is 2.24. The molecule has 1 aliphatic rings. The van der Waals surface area contributed by atoms with Crippen molar-refractivity contribution in [2.75, 3.05) is 44.2 Å². The summed E-state index contributed by atoms with van der Waals surface area (Å²) in [5, 5.41) is 11.8. The third-order valence-electron chi connectivity index (χ3n) is 2.77. The SMILES string of the molecule is CCNC(=O)CN1CCN(c2nnc(Br)s2)CC1. The zero-order valence-corrected chi connectivity index (χ0v) is 12.6. The molecular formula is C10H16BrN5OS. The number of nitrogens with zero attached hydrogens (tertiary/aromatic N) is 4. The first kappa shape index (κ1) is 13.7. The number of halogens is 1. The lowest BCUT2D eigenvalue weighted by atomic mass is 10.3. The highest BCUT2D eigenvalue weighted by molar-refractivity contribution is 9.11. The minimum absolute atomic E-state index is 0.101. The number of aromatic nitrogens is 2. The van der Waals surface area contributed by atoms with Crippen molar-refractivity contribution in [1.29, 1.82) is 0 Å². The van der Waals surface area contributed by atoms with Crippen LogP contribution in [-0.4, -0.2) is 60.3 Å². The fourth-order valence-electron chi connectivity index (χ4n) is 1.88. The lowest BCUT2D eigenvalue weighted by Gasteiger charge is -2.33. The monoisotopic (exact) mass is 333 g/mol. The van der Waals surface area contributed by atoms with E-state index in [-0.39, 0.29) is 5.91 Å². The Morgan fingerprint density at radius 3 is 2.67 bits per heavy atom. The molecule has 0 spiro atoms. The summed E-state index contributed by atoms with van der Waals surface area (Å²) in [7, 11) is 0. The Balaban J connectivity index is 1.79. The van der Waals surface area contributed by atoms with Crippen LogP contribution < -0.4 is 10.2 Å². The second kappa shape index (κ2) is 6.44. The van der Waals surface area contributed by atoms with Gasteiger partial charge in [0.25, 0.3) is 0 Å². The molecule has 0 bridgehead atoms. The van der Waals surface area contributed by atoms with Crippen molar-refractivity contribution in [3.05, 3.63) is 3.92 Å². The van der Waals surface area contributed by atoms with Crippen LogP contribution in [0.3, 0.4) is 0 Å². The number of piperazine rings is 1. The van der Waals surface area contributed by atoms with E-state index >= 15 is 0 Å². The smallest absolute Gasteiger partial charge is 0.234 e. The van der Waals surface area contributed by atoms with Crippen LogP contribution in [0.1, 0.15) is 6.92 Å². The fourth-order valence-corrected chi connectivity index (χ4v) is 3.02. The Morgan fingerprint density at radius 1 is 1.39 bits per heavy atom. The average Bonchev–Trinajstić information content (AvgIpc) is 2.77. The first-order chi connectivity index (χ1) is 8.69. The number of amides is 1. The average molecular weight is 334 g/mol. The summed E-state index contributed by atoms with van der Waals surface area (Å²) in [6, 6.07) is 0. The number of hydrogen-bond donors (Lipinski definition) is 1. The van der Waals surface area contributed by atoms with Gasteiger partial charge in [-0.1, -0.05) is 11.3 Å². The Kier molecular flexibility index (Phi) is 4.90. The normalized spacial score (nSPS) is 16.9. The zero-order chi connectivity index (χ0) is 13.0. The van der Waals surface area contributed by atoms with Crippen molar-refractivity contribution in [3.8, 4) is 0 Å². The molecule has 0 atom stereocenters. The van der Waals surface area contributed by atoms with Gasteiger partial charge in [0.05, 0.1) is 6.54 Å². The van der Waals surface area contributed by atoms with E-state index in [1.165, 1.54) is 0 Å². The molecule has 2 rings (SSSR count). The number of rotatable bonds is 4. The van der Waals surface area contributed by atoms with Gasteiger partial charge >= 0.3 is 0 Å². The molecule has 8 heteroatoms. The summed E-state index contributed by atoms with van der Waals surface area (Å²) in [5.74, 6) is 0.101. The predicted octanol–water partition coefficient (Wildman–Crippen LogP) is 0.559. The second-order valence-corrected chi connectivity index (χ2v) is 6.29. The Morgan fingerprint density at radius 2 is 2.11 bits per heavy atom. The summed E-state index contributed by atoms with van der Waals surface area (Å²) in [4.78, 5) is 15.8. The van der Waals surface area contributed by atoms with Crippen LogP contribution in [0.5, 0.6) is 0 Å². The highest BCUT2D eigenvalue weighted by Gasteiger charge is 2.21. The first-order valence-electron chi connectivity index (χ1n) is 5.92. The van der Waals surface area contributed by atoms with Crippen molar-refractivity contribution < 1.29 is 4.79 Å². The van der Waals surface area contributed by atoms with Crippen LogP contribution in [0, 0.1) is 0 Å². The van der Waals surface area contributed by atoms with E-state index in [1.54, 1.807) is 11.3 Å². The van der Waals surface area contributed by atoms with Crippen LogP contribution in [0.25, 0.3) is 0 Å². The number of anilines is 1. The molecule has 1 fully saturated rings. The molecule has 1 saturated heterocycles. The molecule has 18 heavy (non-hydrogen) atoms. The van der Waals surface area contributed by atoms with E-state index in [4.69, 9.17) is 0 Å². The number of hydrogen-bond acceptors (Lipinski definition) is 6. The molecule has 0 saturated carbocycles. The van der Waals surface area contributed by atoms with Crippen LogP contribution >= 0.6 is 27.3 Å². The highest BCUT2D eigenvalue weighted by atomic mass is 79.9. The molecule has 0 aromatic carbocycles. The summed E-state index contributed by atoms with van der Waals surface area (Å²) < 4.78 is 0.808. The van der Waals surface area contributed by atoms with Crippen molar-refractivity contribution in [1.82, 2.24) is 20.4 Å². The third-order valence-corrected chi connectivity index (χ3v) is 4.19. The minimum atomic E-state index is 0.101. The number of nitrogens with one attached hydrogen (secondary N) is 1. The topological polar surface area (TPSA) is 61.4 Å². The number of carbonyl (C=O) groups is 1. The van der Waals surface area contributed by atoms with Gasteiger partial charge in [0.15, 0.2) is 3.92 Å². The molecular weight excluding hydrogens is 318 g/mol. The molecule has 1 amide bonds. The second-order valence-electron chi connectivity index (χ2n) is 4.05. The molecule has 2 heterocycles. The number of likely N-dealkylation sites (N-methyl/N-ethyl adjacent to an activating group) is 1. The van der Waals surface area contributed by atoms with Crippen LogP contribution in [0.4, 0.5) is 5.13 Å². The maximum atomic E-state index is 11.5. The Bertz CT molecular complexity index is 405. The van der Waals surface area contributed by atoms with Crippen molar-refractivity contribution in [3.63, 3.8) is 0 Å². The zero-order valence-electron chi connectivity index (χ0n) is 10.2. The van der Waals surface area contributed by atoms with E-state index < -0.39 is 0 Å². The minimum Gasteiger partial charge on any atom is -0.355 e. The van der Waals surface area contributed by atoms with E-state index in [0.717, 1.165) is 35.2 Å². The molecule has 1 aromatic rings. The van der Waals surface area contributed by atoms with Gasteiger partial charge < -0.3 is 10.2 Å². The lowest BCUT2D eigenvalue weighted by molar-refractivity contribution is -0.122. The van der Waals surface area contributed by atoms with Crippen LogP contribution in [0.2, 0.25) is 0 Å². The molecule has 1 aromatic heterocycles. The fraction of sp³-hybridized carbons (Fsp3) is 0.700. The van der Waals surface area contributed by atoms with Crippen molar-refractivity contribution in [2.45, 2.75) is 6.92 Å². The van der Waals surface area contributed by atoms with Crippen LogP contribution in [0.15, 0.2) is 3.92 Å². The molecule has 1 aliphatic heterocycles. The summed E-state index contributed by atoms with van der Waals surface area (Å²) >= 11 is 4.86. The lowest BCUT2D eigenvalue weighted by Crippen LogP contribution is -2.49. The summed E-state index contributed by atoms with van der Waals surface area (Å²) in [5.41, 5.74) is 0. The predicted molar refractivity (Wildman–Crippen MR) is 74.9 cm³/mol. The number of carbonyl (C=O) groups excluding carboxylic acids is 1. The van der Waals surface area contributed by atoms with Gasteiger partial charge in [0, 0.05) is 32.7 Å². The Labute approximate surface area is 118 Å². The summed E-state index contributed by atoms with van der Waals surface area (Å²) in [6.45, 7) is 6.66. The molecule has 6 nitrogen and oxygen atoms in total. The van der Waals surface area contributed by atoms with Gasteiger partial charge in [-0.05, 0) is 22.9 Å². The maximum Gasteiger partial charge on any atom is 0.234 e. The van der Waals surface area contributed by atoms with E-state index in [9.17, 15) is 4.79 Å². The standard InChI is InChI=1S/C10H16BrN5OS/c1-2-12-8(17)7-15-3-5-16(6-4-15)10-14-13-9(11)18-10/h2-7H2,1H3,(H,12,17). The molecule has 0 radical (unpaired) electrons. The van der Waals surface area contributed by atoms with Gasteiger partial charge in [0.1, 0.15) is 0 Å². The van der Waals surface area contributed by atoms with Gasteiger partial charge in [-0.3, -0.25) is 9.69 Å². The van der Waals surface area contributed by atoms with E-state index in [2.05, 4.69) is 41.2 Å². The molecule has 0 aliphatic carbocycles. The van der Waals surface area contributed by atoms with Gasteiger partial charge in [-0.25, -0.2) is 0 Å².